The number of nitrogens with one attached hydrogen (secondary N) is 1. The summed E-state index contributed by atoms with van der Waals surface area (Å²) in [6, 6.07) is 13.4. The molecule has 55 heavy (non-hydrogen) atoms. The van der Waals surface area contributed by atoms with E-state index in [9.17, 15) is 40.1 Å². The molecule has 0 bridgehead atoms. The third-order valence-corrected chi connectivity index (χ3v) is 10.5. The Bertz CT molecular complexity index is 2270. The van der Waals surface area contributed by atoms with Crippen LogP contribution in [0, 0.1) is 23.3 Å². The van der Waals surface area contributed by atoms with Crippen LogP contribution in [0.4, 0.5) is 26.2 Å². The fourth-order valence-electron chi connectivity index (χ4n) is 6.21. The minimum Gasteiger partial charge on any atom is -0.744 e. The van der Waals surface area contributed by atoms with Crippen molar-refractivity contribution >= 4 is 52.1 Å². The Hall–Kier alpha value is -4.14. The zero-order valence-electron chi connectivity index (χ0n) is 28.9. The van der Waals surface area contributed by atoms with Crippen LogP contribution in [0.2, 0.25) is 0 Å². The number of hydrogen-bond acceptors (Lipinski definition) is 8. The van der Waals surface area contributed by atoms with Gasteiger partial charge in [-0.3, -0.25) is 9.59 Å². The molecule has 0 saturated carbocycles. The first-order valence-electron chi connectivity index (χ1n) is 16.5. The predicted molar refractivity (Wildman–Crippen MR) is 185 cm³/mol. The summed E-state index contributed by atoms with van der Waals surface area (Å²) in [4.78, 5) is 22.6. The summed E-state index contributed by atoms with van der Waals surface area (Å²) in [6.45, 7) is -4.25. The van der Waals surface area contributed by atoms with Crippen molar-refractivity contribution in [3.8, 4) is 22.1 Å². The number of benzene rings is 2. The van der Waals surface area contributed by atoms with Crippen LogP contribution in [0.5, 0.6) is 11.5 Å². The maximum Gasteiger partial charge on any atom is 1.00 e. The molecular formula is C35H29BF6N3NaO7S2. The van der Waals surface area contributed by atoms with Gasteiger partial charge in [0.05, 0.1) is 0 Å². The van der Waals surface area contributed by atoms with Crippen molar-refractivity contribution in [3.05, 3.63) is 107 Å². The molecule has 1 atom stereocenters. The van der Waals surface area contributed by atoms with Crippen molar-refractivity contribution < 1.29 is 92.3 Å². The van der Waals surface area contributed by atoms with Gasteiger partial charge < -0.3 is 36.9 Å². The molecule has 10 nitrogen and oxygen atoms in total. The predicted octanol–water partition coefficient (Wildman–Crippen LogP) is 3.23. The van der Waals surface area contributed by atoms with Crippen molar-refractivity contribution in [2.45, 2.75) is 43.0 Å². The van der Waals surface area contributed by atoms with E-state index in [2.05, 4.69) is 10.1 Å². The number of unbranched alkanes of at least 4 members (excludes halogenated alkanes) is 2. The second-order valence-corrected chi connectivity index (χ2v) is 14.6. The third kappa shape index (κ3) is 9.13. The average molecular weight is 816 g/mol. The zero-order valence-corrected chi connectivity index (χ0v) is 32.6. The van der Waals surface area contributed by atoms with Crippen LogP contribution in [0.15, 0.2) is 77.0 Å². The van der Waals surface area contributed by atoms with Crippen LogP contribution in [0.1, 0.15) is 36.9 Å². The van der Waals surface area contributed by atoms with Crippen LogP contribution in [-0.2, 0) is 26.1 Å². The number of carbonyl (C=O) groups excluding carboxylic acids is 2. The van der Waals surface area contributed by atoms with Crippen LogP contribution in [0.25, 0.3) is 16.6 Å². The number of amides is 1. The number of carbonyl (C=O) groups is 2. The minimum absolute atomic E-state index is 0. The molecule has 4 heterocycles. The third-order valence-electron chi connectivity index (χ3n) is 8.71. The molecule has 0 spiro atoms. The molecule has 284 valence electrons. The van der Waals surface area contributed by atoms with E-state index in [1.54, 1.807) is 60.7 Å². The van der Waals surface area contributed by atoms with Gasteiger partial charge in [-0.2, -0.15) is 8.78 Å². The summed E-state index contributed by atoms with van der Waals surface area (Å²) in [5.41, 5.74) is 2.19. The van der Waals surface area contributed by atoms with E-state index in [0.717, 1.165) is 14.9 Å². The molecule has 2 aliphatic heterocycles. The molecule has 20 heteroatoms. The molecule has 1 N–H and O–H groups in total. The van der Waals surface area contributed by atoms with Gasteiger partial charge in [-0.1, -0.05) is 24.6 Å². The topological polar surface area (TPSA) is 130 Å². The van der Waals surface area contributed by atoms with Gasteiger partial charge in [-0.15, -0.1) is 11.3 Å². The van der Waals surface area contributed by atoms with Crippen LogP contribution in [-0.4, -0.2) is 65.7 Å². The second-order valence-electron chi connectivity index (χ2n) is 12.3. The van der Waals surface area contributed by atoms with Crippen molar-refractivity contribution in [3.63, 3.8) is 0 Å². The zero-order chi connectivity index (χ0) is 38.8. The molecule has 4 aromatic rings. The average Bonchev–Trinajstić information content (AvgIpc) is 3.90. The Kier molecular flexibility index (Phi) is 13.2. The Morgan fingerprint density at radius 2 is 1.69 bits per heavy atom. The van der Waals surface area contributed by atoms with Gasteiger partial charge in [0, 0.05) is 42.1 Å². The van der Waals surface area contributed by atoms with Gasteiger partial charge in [-0.25, -0.2) is 17.2 Å². The number of ether oxygens (including phenoxy) is 2. The van der Waals surface area contributed by atoms with Crippen molar-refractivity contribution in [2.24, 2.45) is 0 Å². The molecule has 0 aliphatic carbocycles. The molecule has 2 aromatic carbocycles. The Morgan fingerprint density at radius 3 is 2.35 bits per heavy atom. The van der Waals surface area contributed by atoms with Gasteiger partial charge in [-0.05, 0) is 72.0 Å². The summed E-state index contributed by atoms with van der Waals surface area (Å²) >= 11 is 1.41. The van der Waals surface area contributed by atoms with E-state index in [1.807, 2.05) is 17.5 Å². The van der Waals surface area contributed by atoms with Gasteiger partial charge in [0.15, 0.2) is 24.0 Å². The first kappa shape index (κ1) is 42.0. The fourth-order valence-corrected chi connectivity index (χ4v) is 7.57. The number of thiophene rings is 1. The van der Waals surface area contributed by atoms with Crippen LogP contribution in [0.3, 0.4) is 0 Å². The fraction of sp³-hybridized carbons (Fsp3) is 0.229. The SMILES string of the molecule is O=C(COc1ccc(/C=C/C2=[N+]3C(C=C2)Cc2ccc(-c4cccs4)n2[B-]3(F)F)cc1)NCCCCCC(=O)Oc1c(F)c(F)c(S(=O)(=O)[O-])c(F)c1F.[Na+]. The summed E-state index contributed by atoms with van der Waals surface area (Å²) in [6.07, 6.45) is 7.64. The van der Waals surface area contributed by atoms with Crippen LogP contribution < -0.4 is 44.3 Å². The van der Waals surface area contributed by atoms with E-state index in [-0.39, 0.29) is 49.1 Å². The van der Waals surface area contributed by atoms with Gasteiger partial charge in [0.1, 0.15) is 26.8 Å². The molecule has 1 unspecified atom stereocenters. The van der Waals surface area contributed by atoms with E-state index in [0.29, 0.717) is 42.1 Å². The van der Waals surface area contributed by atoms with E-state index in [4.69, 9.17) is 4.74 Å². The van der Waals surface area contributed by atoms with Crippen LogP contribution >= 0.6 is 11.3 Å². The summed E-state index contributed by atoms with van der Waals surface area (Å²) < 4.78 is 133. The summed E-state index contributed by atoms with van der Waals surface area (Å²) in [5.74, 6) is -12.9. The Balaban J connectivity index is 0.00000580. The molecule has 2 aromatic heterocycles. The quantitative estimate of drug-likeness (QED) is 0.0394. The van der Waals surface area contributed by atoms with E-state index < -0.39 is 75.3 Å². The molecule has 1 amide bonds. The summed E-state index contributed by atoms with van der Waals surface area (Å²) in [5, 5.41) is 4.47. The molecular weight excluding hydrogens is 786 g/mol. The largest absolute Gasteiger partial charge is 1.00 e. The van der Waals surface area contributed by atoms with Crippen molar-refractivity contribution in [1.29, 1.82) is 0 Å². The van der Waals surface area contributed by atoms with E-state index in [1.165, 1.54) is 15.8 Å². The van der Waals surface area contributed by atoms with Gasteiger partial charge in [0.2, 0.25) is 17.4 Å². The monoisotopic (exact) mass is 815 g/mol. The molecule has 0 radical (unpaired) electrons. The molecule has 2 aliphatic rings. The number of fused-ring (bicyclic) bond motifs is 2. The maximum atomic E-state index is 16.1. The first-order chi connectivity index (χ1) is 25.7. The second kappa shape index (κ2) is 17.3. The molecule has 6 rings (SSSR count). The normalized spacial score (nSPS) is 15.8. The number of hydrogen-bond donors (Lipinski definition) is 1. The number of rotatable bonds is 14. The standard InChI is InChI=1S/C35H30BF6N3O7S2.Na/c37-30-32(39)35(54(48,49)50)33(40)31(38)34(30)52-29(47)6-2-1-3-17-43-28(46)20-51-25-14-8-21(9-15-25)7-10-22-11-12-23-19-24-13-16-26(27-5-4-18-53-27)45(24)36(41,42)44(22)23;/h4-5,7-16,18,23H,1-3,6,17,19-20H2,(H,43,46)(H,48,49,50);/q;+1/p-1/b10-7+;. The van der Waals surface area contributed by atoms with E-state index >= 15 is 8.63 Å². The number of allylic oxidation sites excluding steroid dienone is 2. The molecule has 0 fully saturated rings. The minimum atomic E-state index is -5.91. The van der Waals surface area contributed by atoms with Crippen molar-refractivity contribution in [2.75, 3.05) is 13.2 Å². The number of nitrogens with zero attached hydrogens (tertiary/aromatic N) is 2. The number of halogens is 6. The summed E-state index contributed by atoms with van der Waals surface area (Å²) in [7, 11) is -5.91. The van der Waals surface area contributed by atoms with Gasteiger partial charge >= 0.3 is 42.5 Å². The maximum absolute atomic E-state index is 16.1. The smallest absolute Gasteiger partial charge is 0.744 e. The number of esters is 1. The van der Waals surface area contributed by atoms with Crippen molar-refractivity contribution in [1.82, 2.24) is 9.79 Å². The van der Waals surface area contributed by atoms with Gasteiger partial charge in [0.25, 0.3) is 5.91 Å². The first-order valence-corrected chi connectivity index (χ1v) is 18.8. The Labute approximate surface area is 337 Å². The molecule has 0 saturated heterocycles. The Morgan fingerprint density at radius 1 is 0.982 bits per heavy atom. The number of aromatic nitrogens is 1.